The first-order valence-corrected chi connectivity index (χ1v) is 3.68. The van der Waals surface area contributed by atoms with Crippen molar-refractivity contribution >= 4 is 5.97 Å². The molecule has 13 heavy (non-hydrogen) atoms. The molecule has 0 saturated heterocycles. The summed E-state index contributed by atoms with van der Waals surface area (Å²) < 4.78 is 0. The Hall–Kier alpha value is -1.71. The average Bonchev–Trinajstić information content (AvgIpc) is 1.99. The van der Waals surface area contributed by atoms with Crippen LogP contribution in [0.25, 0.3) is 0 Å². The van der Waals surface area contributed by atoms with Crippen molar-refractivity contribution in [2.45, 2.75) is 13.8 Å². The summed E-state index contributed by atoms with van der Waals surface area (Å²) in [7, 11) is 0. The fourth-order valence-electron chi connectivity index (χ4n) is 1.08. The van der Waals surface area contributed by atoms with E-state index in [-0.39, 0.29) is 0 Å². The maximum atomic E-state index is 11.3. The lowest BCUT2D eigenvalue weighted by atomic mass is 10.0. The van der Waals surface area contributed by atoms with Crippen molar-refractivity contribution in [3.8, 4) is 11.5 Å². The SMILES string of the molecule is Cc1cc(O)c(C(=O)O)c([O-])c1C. The molecule has 0 bridgehead atoms. The minimum atomic E-state index is -1.40. The van der Waals surface area contributed by atoms with Gasteiger partial charge in [-0.15, -0.1) is 0 Å². The topological polar surface area (TPSA) is 80.6 Å². The van der Waals surface area contributed by atoms with Crippen molar-refractivity contribution in [2.24, 2.45) is 0 Å². The van der Waals surface area contributed by atoms with Gasteiger partial charge in [0.05, 0.1) is 5.56 Å². The van der Waals surface area contributed by atoms with Crippen LogP contribution in [0.1, 0.15) is 21.5 Å². The van der Waals surface area contributed by atoms with Crippen LogP contribution in [0.5, 0.6) is 11.5 Å². The third-order valence-electron chi connectivity index (χ3n) is 1.98. The van der Waals surface area contributed by atoms with Crippen molar-refractivity contribution in [2.75, 3.05) is 0 Å². The molecule has 0 aliphatic rings. The molecule has 4 nitrogen and oxygen atoms in total. The van der Waals surface area contributed by atoms with Crippen molar-refractivity contribution < 1.29 is 20.1 Å². The molecule has 0 heterocycles. The number of phenols is 1. The molecule has 0 aliphatic heterocycles. The van der Waals surface area contributed by atoms with Crippen LogP contribution in [0.4, 0.5) is 0 Å². The lowest BCUT2D eigenvalue weighted by Gasteiger charge is -2.17. The van der Waals surface area contributed by atoms with Crippen LogP contribution < -0.4 is 5.11 Å². The van der Waals surface area contributed by atoms with E-state index < -0.39 is 23.0 Å². The first kappa shape index (κ1) is 9.38. The molecule has 0 atom stereocenters. The van der Waals surface area contributed by atoms with E-state index in [1.807, 2.05) is 0 Å². The second-order valence-electron chi connectivity index (χ2n) is 2.85. The Balaban J connectivity index is 3.53. The minimum absolute atomic E-state index is 0.357. The highest BCUT2D eigenvalue weighted by Gasteiger charge is 2.12. The fraction of sp³-hybridized carbons (Fsp3) is 0.222. The lowest BCUT2D eigenvalue weighted by molar-refractivity contribution is -0.269. The standard InChI is InChI=1S/C9H10O4/c1-4-3-6(10)7(9(12)13)8(11)5(4)2/h3,10-11H,1-2H3,(H,12,13)/p-1. The van der Waals surface area contributed by atoms with Crippen molar-refractivity contribution in [3.63, 3.8) is 0 Å². The Morgan fingerprint density at radius 3 is 2.46 bits per heavy atom. The molecule has 0 saturated carbocycles. The summed E-state index contributed by atoms with van der Waals surface area (Å²) in [6, 6.07) is 1.28. The second kappa shape index (κ2) is 2.97. The molecule has 0 aliphatic carbocycles. The predicted octanol–water partition coefficient (Wildman–Crippen LogP) is 0.781. The smallest absolute Gasteiger partial charge is 0.338 e. The molecular formula is C9H9O4-. The Labute approximate surface area is 75.1 Å². The number of carbonyl (C=O) groups is 1. The maximum absolute atomic E-state index is 11.3. The van der Waals surface area contributed by atoms with Gasteiger partial charge in [-0.1, -0.05) is 11.3 Å². The highest BCUT2D eigenvalue weighted by Crippen LogP contribution is 2.30. The zero-order valence-electron chi connectivity index (χ0n) is 7.29. The third kappa shape index (κ3) is 1.42. The van der Waals surface area contributed by atoms with Crippen LogP contribution in [0.2, 0.25) is 0 Å². The molecule has 1 aromatic carbocycles. The number of aromatic hydroxyl groups is 1. The molecule has 4 heteroatoms. The van der Waals surface area contributed by atoms with Gasteiger partial charge in [0.1, 0.15) is 5.75 Å². The highest BCUT2D eigenvalue weighted by atomic mass is 16.4. The summed E-state index contributed by atoms with van der Waals surface area (Å²) in [5, 5.41) is 29.1. The number of carboxylic acid groups (broad SMARTS) is 1. The van der Waals surface area contributed by atoms with Gasteiger partial charge in [0.25, 0.3) is 0 Å². The van der Waals surface area contributed by atoms with E-state index in [0.717, 1.165) is 0 Å². The van der Waals surface area contributed by atoms with Crippen LogP contribution in [0, 0.1) is 13.8 Å². The van der Waals surface area contributed by atoms with Crippen LogP contribution in [-0.2, 0) is 0 Å². The number of rotatable bonds is 1. The van der Waals surface area contributed by atoms with Crippen LogP contribution in [-0.4, -0.2) is 16.2 Å². The molecule has 0 amide bonds. The van der Waals surface area contributed by atoms with E-state index in [9.17, 15) is 15.0 Å². The summed E-state index contributed by atoms with van der Waals surface area (Å²) in [4.78, 5) is 10.5. The van der Waals surface area contributed by atoms with Gasteiger partial charge < -0.3 is 15.3 Å². The van der Waals surface area contributed by atoms with E-state index in [2.05, 4.69) is 0 Å². The van der Waals surface area contributed by atoms with Crippen molar-refractivity contribution in [3.05, 3.63) is 22.8 Å². The lowest BCUT2D eigenvalue weighted by Crippen LogP contribution is -2.07. The predicted molar refractivity (Wildman–Crippen MR) is 44.0 cm³/mol. The van der Waals surface area contributed by atoms with E-state index in [4.69, 9.17) is 5.11 Å². The first-order valence-electron chi connectivity index (χ1n) is 3.68. The van der Waals surface area contributed by atoms with Gasteiger partial charge in [-0.3, -0.25) is 0 Å². The molecule has 70 valence electrons. The Morgan fingerprint density at radius 1 is 1.46 bits per heavy atom. The number of aryl methyl sites for hydroxylation is 1. The first-order chi connectivity index (χ1) is 5.95. The van der Waals surface area contributed by atoms with Gasteiger partial charge in [-0.25, -0.2) is 4.79 Å². The van der Waals surface area contributed by atoms with Crippen molar-refractivity contribution in [1.82, 2.24) is 0 Å². The fourth-order valence-corrected chi connectivity index (χ4v) is 1.08. The Bertz CT molecular complexity index is 368. The van der Waals surface area contributed by atoms with Gasteiger partial charge in [-0.05, 0) is 25.5 Å². The molecule has 0 spiro atoms. The summed E-state index contributed by atoms with van der Waals surface area (Å²) in [5.41, 5.74) is 0.394. The van der Waals surface area contributed by atoms with E-state index in [1.54, 1.807) is 6.92 Å². The third-order valence-corrected chi connectivity index (χ3v) is 1.98. The summed E-state index contributed by atoms with van der Waals surface area (Å²) >= 11 is 0. The molecule has 0 aromatic heterocycles. The molecule has 1 rings (SSSR count). The summed E-state index contributed by atoms with van der Waals surface area (Å²) in [6.45, 7) is 3.17. The zero-order valence-corrected chi connectivity index (χ0v) is 7.29. The van der Waals surface area contributed by atoms with Gasteiger partial charge in [0.2, 0.25) is 0 Å². The van der Waals surface area contributed by atoms with Gasteiger partial charge in [0.15, 0.2) is 0 Å². The molecule has 0 radical (unpaired) electrons. The molecule has 2 N–H and O–H groups in total. The van der Waals surface area contributed by atoms with Crippen molar-refractivity contribution in [1.29, 1.82) is 0 Å². The minimum Gasteiger partial charge on any atom is -0.872 e. The van der Waals surface area contributed by atoms with Gasteiger partial charge in [0, 0.05) is 0 Å². The van der Waals surface area contributed by atoms with Crippen LogP contribution >= 0.6 is 0 Å². The van der Waals surface area contributed by atoms with E-state index >= 15 is 0 Å². The van der Waals surface area contributed by atoms with E-state index in [1.165, 1.54) is 13.0 Å². The summed E-state index contributed by atoms with van der Waals surface area (Å²) in [5.74, 6) is -2.49. The molecular weight excluding hydrogens is 172 g/mol. The largest absolute Gasteiger partial charge is 0.872 e. The number of benzene rings is 1. The normalized spacial score (nSPS) is 10.0. The molecule has 1 aromatic rings. The van der Waals surface area contributed by atoms with E-state index in [0.29, 0.717) is 11.1 Å². The molecule has 0 fully saturated rings. The average molecular weight is 181 g/mol. The highest BCUT2D eigenvalue weighted by molar-refractivity contribution is 5.94. The maximum Gasteiger partial charge on any atom is 0.338 e. The number of hydrogen-bond donors (Lipinski definition) is 2. The molecule has 0 unspecified atom stereocenters. The van der Waals surface area contributed by atoms with Crippen LogP contribution in [0.3, 0.4) is 0 Å². The number of aromatic carboxylic acids is 1. The van der Waals surface area contributed by atoms with Crippen LogP contribution in [0.15, 0.2) is 6.07 Å². The second-order valence-corrected chi connectivity index (χ2v) is 2.85. The Morgan fingerprint density at radius 2 is 2.00 bits per heavy atom. The number of carboxylic acids is 1. The van der Waals surface area contributed by atoms with Gasteiger partial charge in [-0.2, -0.15) is 0 Å². The monoisotopic (exact) mass is 181 g/mol. The van der Waals surface area contributed by atoms with Gasteiger partial charge >= 0.3 is 5.97 Å². The zero-order chi connectivity index (χ0) is 10.2. The number of hydrogen-bond acceptors (Lipinski definition) is 3. The quantitative estimate of drug-likeness (QED) is 0.670. The summed E-state index contributed by atoms with van der Waals surface area (Å²) in [6.07, 6.45) is 0. The Kier molecular flexibility index (Phi) is 2.14.